The van der Waals surface area contributed by atoms with E-state index < -0.39 is 58.0 Å². The third-order valence-corrected chi connectivity index (χ3v) is 9.23. The summed E-state index contributed by atoms with van der Waals surface area (Å²) in [5, 5.41) is 45.4. The highest BCUT2D eigenvalue weighted by Crippen LogP contribution is 2.55. The van der Waals surface area contributed by atoms with Gasteiger partial charge in [-0.25, -0.2) is 0 Å². The maximum atomic E-state index is 14.0. The van der Waals surface area contributed by atoms with Crippen LogP contribution in [0.4, 0.5) is 5.69 Å². The van der Waals surface area contributed by atoms with Gasteiger partial charge in [0.25, 0.3) is 5.91 Å². The highest BCUT2D eigenvalue weighted by molar-refractivity contribution is 6.24. The van der Waals surface area contributed by atoms with E-state index in [1.54, 1.807) is 20.2 Å². The summed E-state index contributed by atoms with van der Waals surface area (Å²) in [4.78, 5) is 45.2. The van der Waals surface area contributed by atoms with E-state index in [9.17, 15) is 34.8 Å². The van der Waals surface area contributed by atoms with E-state index in [1.165, 1.54) is 4.90 Å². The predicted molar refractivity (Wildman–Crippen MR) is 143 cm³/mol. The minimum atomic E-state index is -2.64. The van der Waals surface area contributed by atoms with Crippen LogP contribution in [-0.2, 0) is 20.8 Å². The molecule has 39 heavy (non-hydrogen) atoms. The first-order valence-electron chi connectivity index (χ1n) is 13.2. The topological polar surface area (TPSA) is 168 Å². The number of primary amides is 1. The van der Waals surface area contributed by atoms with Gasteiger partial charge in [0, 0.05) is 36.8 Å². The Morgan fingerprint density at radius 1 is 1.21 bits per heavy atom. The van der Waals surface area contributed by atoms with Crippen LogP contribution in [0.15, 0.2) is 23.0 Å². The number of hydrogen-bond acceptors (Lipinski definition) is 10. The van der Waals surface area contributed by atoms with E-state index >= 15 is 0 Å². The molecule has 0 radical (unpaired) electrons. The lowest BCUT2D eigenvalue weighted by molar-refractivity contribution is -0.153. The molecule has 0 saturated heterocycles. The second-order valence-corrected chi connectivity index (χ2v) is 11.4. The van der Waals surface area contributed by atoms with Gasteiger partial charge in [-0.1, -0.05) is 6.92 Å². The molecule has 11 nitrogen and oxygen atoms in total. The van der Waals surface area contributed by atoms with Crippen molar-refractivity contribution < 1.29 is 34.8 Å². The molecule has 210 valence electrons. The molecule has 6 N–H and O–H groups in total. The molecule has 11 heteroatoms. The van der Waals surface area contributed by atoms with E-state index in [0.717, 1.165) is 30.8 Å². The lowest BCUT2D eigenvalue weighted by atomic mass is 9.57. The second-order valence-electron chi connectivity index (χ2n) is 11.4. The summed E-state index contributed by atoms with van der Waals surface area (Å²) in [6.07, 6.45) is 1.20. The van der Waals surface area contributed by atoms with E-state index in [2.05, 4.69) is 16.7 Å². The van der Waals surface area contributed by atoms with Crippen molar-refractivity contribution in [1.82, 2.24) is 9.80 Å². The Morgan fingerprint density at radius 3 is 2.46 bits per heavy atom. The number of nitrogens with two attached hydrogens (primary N) is 1. The molecule has 1 heterocycles. The number of benzene rings is 1. The number of carbonyl (C=O) groups excluding carboxylic acids is 3. The summed E-state index contributed by atoms with van der Waals surface area (Å²) in [6, 6.07) is 0.587. The molecule has 0 spiro atoms. The van der Waals surface area contributed by atoms with Crippen LogP contribution >= 0.6 is 0 Å². The Balaban J connectivity index is 1.74. The van der Waals surface area contributed by atoms with Crippen LogP contribution in [0.3, 0.4) is 0 Å². The zero-order valence-electron chi connectivity index (χ0n) is 22.9. The normalized spacial score (nSPS) is 30.4. The smallest absolute Gasteiger partial charge is 0.255 e. The number of phenols is 1. The summed E-state index contributed by atoms with van der Waals surface area (Å²) in [5.41, 5.74) is 4.43. The van der Waals surface area contributed by atoms with Gasteiger partial charge < -0.3 is 31.1 Å². The second kappa shape index (κ2) is 9.07. The van der Waals surface area contributed by atoms with Gasteiger partial charge in [0.05, 0.1) is 11.6 Å². The lowest BCUT2D eigenvalue weighted by Gasteiger charge is -2.50. The number of aliphatic hydroxyl groups excluding tert-OH is 2. The maximum Gasteiger partial charge on any atom is 0.255 e. The molecule has 1 aliphatic heterocycles. The first kappa shape index (κ1) is 27.2. The Kier molecular flexibility index (Phi) is 6.32. The van der Waals surface area contributed by atoms with E-state index in [-0.39, 0.29) is 35.8 Å². The standard InChI is InChI=1S/C28H36N4O7/c1-6-31(4)16-7-8-32(5)21-13(16)11-17(33)19-14(21)9-12-10-15-22(30(2)3)24(35)20(27(29)38)26(37)28(15,39)25(36)18(12)23(19)34/h11-12,15-16,22,33-34,37,39H,6-10H2,1-5H3,(H2,29,38)/t12-,15-,16?,22-,28+/m1/s1. The highest BCUT2D eigenvalue weighted by atomic mass is 16.3. The molecule has 1 amide bonds. The average molecular weight is 541 g/mol. The van der Waals surface area contributed by atoms with Gasteiger partial charge in [-0.05, 0) is 70.1 Å². The van der Waals surface area contributed by atoms with E-state index in [4.69, 9.17) is 5.73 Å². The molecule has 1 fully saturated rings. The zero-order valence-corrected chi connectivity index (χ0v) is 22.9. The molecular weight excluding hydrogens is 504 g/mol. The SMILES string of the molecule is CCN(C)C1CCN(C)c2c1cc(O)c1c2C[C@@H]2C[C@@H]3[C@@H](N(C)C)C(=O)C(C(N)=O)=C(O)[C@@]3(O)C(=O)C2=C1O. The van der Waals surface area contributed by atoms with Crippen LogP contribution < -0.4 is 10.6 Å². The summed E-state index contributed by atoms with van der Waals surface area (Å²) < 4.78 is 0. The largest absolute Gasteiger partial charge is 0.508 e. The lowest BCUT2D eigenvalue weighted by Crippen LogP contribution is -2.65. The molecule has 0 bridgehead atoms. The van der Waals surface area contributed by atoms with Crippen LogP contribution in [-0.4, -0.2) is 101 Å². The fourth-order valence-corrected chi connectivity index (χ4v) is 7.30. The van der Waals surface area contributed by atoms with E-state index in [1.807, 2.05) is 14.1 Å². The molecule has 4 aliphatic rings. The van der Waals surface area contributed by atoms with Crippen LogP contribution in [0.2, 0.25) is 0 Å². The van der Waals surface area contributed by atoms with Crippen molar-refractivity contribution in [3.05, 3.63) is 39.7 Å². The Morgan fingerprint density at radius 2 is 1.87 bits per heavy atom. The first-order valence-corrected chi connectivity index (χ1v) is 13.2. The summed E-state index contributed by atoms with van der Waals surface area (Å²) in [6.45, 7) is 3.63. The quantitative estimate of drug-likeness (QED) is 0.345. The number of nitrogens with zero attached hydrogens (tertiary/aromatic N) is 3. The molecule has 1 aromatic carbocycles. The summed E-state index contributed by atoms with van der Waals surface area (Å²) >= 11 is 0. The maximum absolute atomic E-state index is 14.0. The van der Waals surface area contributed by atoms with Crippen molar-refractivity contribution in [3.8, 4) is 5.75 Å². The minimum absolute atomic E-state index is 0.0615. The number of hydrogen-bond donors (Lipinski definition) is 5. The molecule has 5 rings (SSSR count). The number of aliphatic hydroxyl groups is 3. The monoisotopic (exact) mass is 540 g/mol. The number of aromatic hydroxyl groups is 1. The molecule has 3 aliphatic carbocycles. The molecular formula is C28H36N4O7. The highest BCUT2D eigenvalue weighted by Gasteiger charge is 2.64. The van der Waals surface area contributed by atoms with Crippen molar-refractivity contribution in [2.24, 2.45) is 17.6 Å². The number of phenolic OH excluding ortho intramolecular Hbond substituents is 1. The van der Waals surface area contributed by atoms with Gasteiger partial charge >= 0.3 is 0 Å². The number of amides is 1. The van der Waals surface area contributed by atoms with Crippen molar-refractivity contribution in [3.63, 3.8) is 0 Å². The summed E-state index contributed by atoms with van der Waals surface area (Å²) in [5.74, 6) is -6.45. The van der Waals surface area contributed by atoms with Gasteiger partial charge in [-0.3, -0.25) is 24.2 Å². The number of ketones is 2. The van der Waals surface area contributed by atoms with Gasteiger partial charge in [0.15, 0.2) is 11.4 Å². The van der Waals surface area contributed by atoms with Crippen LogP contribution in [0.1, 0.15) is 42.5 Å². The van der Waals surface area contributed by atoms with Gasteiger partial charge in [-0.2, -0.15) is 0 Å². The van der Waals surface area contributed by atoms with Crippen molar-refractivity contribution in [2.75, 3.05) is 46.2 Å². The van der Waals surface area contributed by atoms with Crippen LogP contribution in [0, 0.1) is 11.8 Å². The third-order valence-electron chi connectivity index (χ3n) is 9.23. The average Bonchev–Trinajstić information content (AvgIpc) is 2.85. The number of anilines is 1. The fraction of sp³-hybridized carbons (Fsp3) is 0.536. The summed E-state index contributed by atoms with van der Waals surface area (Å²) in [7, 11) is 7.14. The predicted octanol–water partition coefficient (Wildman–Crippen LogP) is 0.797. The Hall–Kier alpha value is -3.41. The molecule has 0 aromatic heterocycles. The minimum Gasteiger partial charge on any atom is -0.508 e. The van der Waals surface area contributed by atoms with Crippen molar-refractivity contribution in [2.45, 2.75) is 43.9 Å². The van der Waals surface area contributed by atoms with Crippen molar-refractivity contribution >= 4 is 28.9 Å². The molecule has 1 aromatic rings. The Bertz CT molecular complexity index is 1370. The third kappa shape index (κ3) is 3.56. The van der Waals surface area contributed by atoms with E-state index in [0.29, 0.717) is 5.56 Å². The molecule has 5 atom stereocenters. The number of rotatable bonds is 4. The Labute approximate surface area is 226 Å². The van der Waals surface area contributed by atoms with Crippen LogP contribution in [0.25, 0.3) is 5.76 Å². The molecule has 1 unspecified atom stereocenters. The van der Waals surface area contributed by atoms with Gasteiger partial charge in [0.2, 0.25) is 5.78 Å². The fourth-order valence-electron chi connectivity index (χ4n) is 7.30. The first-order chi connectivity index (χ1) is 18.3. The van der Waals surface area contributed by atoms with Crippen molar-refractivity contribution in [1.29, 1.82) is 0 Å². The number of Topliss-reactive ketones (excluding diaryl/α,β-unsaturated/α-hetero) is 2. The number of carbonyl (C=O) groups is 3. The van der Waals surface area contributed by atoms with Gasteiger partial charge in [-0.15, -0.1) is 0 Å². The molecule has 1 saturated carbocycles. The zero-order chi connectivity index (χ0) is 28.7. The number of likely N-dealkylation sites (N-methyl/N-ethyl adjacent to an activating group) is 1. The van der Waals surface area contributed by atoms with Crippen LogP contribution in [0.5, 0.6) is 5.75 Å². The van der Waals surface area contributed by atoms with Gasteiger partial charge in [0.1, 0.15) is 22.8 Å². The number of fused-ring (bicyclic) bond motifs is 5.